The quantitative estimate of drug-likeness (QED) is 0.0399. The smallest absolute Gasteiger partial charge is 0.305 e. The number of ether oxygens (including phenoxy) is 5. The van der Waals surface area contributed by atoms with Crippen molar-refractivity contribution in [2.45, 2.75) is 131 Å². The Labute approximate surface area is 246 Å². The van der Waals surface area contributed by atoms with Crippen molar-refractivity contribution < 1.29 is 59.1 Å². The molecular weight excluding hydrogens is 560 g/mol. The largest absolute Gasteiger partial charge is 0.463 e. The van der Waals surface area contributed by atoms with Crippen molar-refractivity contribution in [2.24, 2.45) is 22.9 Å². The maximum absolute atomic E-state index is 12.1. The first-order valence-corrected chi connectivity index (χ1v) is 14.7. The molecule has 42 heavy (non-hydrogen) atoms. The van der Waals surface area contributed by atoms with Crippen LogP contribution in [0.4, 0.5) is 0 Å². The zero-order valence-corrected chi connectivity index (χ0v) is 24.2. The molecule has 1 heterocycles. The van der Waals surface area contributed by atoms with Gasteiger partial charge in [-0.15, -0.1) is 0 Å². The van der Waals surface area contributed by atoms with Crippen molar-refractivity contribution in [3.05, 3.63) is 0 Å². The van der Waals surface area contributed by atoms with Gasteiger partial charge in [0.1, 0.15) is 61.5 Å². The van der Waals surface area contributed by atoms with E-state index in [0.29, 0.717) is 6.42 Å². The predicted octanol–water partition coefficient (Wildman–Crippen LogP) is -4.13. The second kappa shape index (κ2) is 18.7. The Bertz CT molecular complexity index is 771. The Morgan fingerprint density at radius 1 is 0.952 bits per heavy atom. The average molecular weight is 613 g/mol. The number of hydrogen-bond acceptors (Lipinski definition) is 16. The summed E-state index contributed by atoms with van der Waals surface area (Å²) in [6.45, 7) is 0.701. The summed E-state index contributed by atoms with van der Waals surface area (Å²) in [6, 6.07) is -1.73. The van der Waals surface area contributed by atoms with Crippen LogP contribution in [0.1, 0.15) is 51.9 Å². The van der Waals surface area contributed by atoms with E-state index in [9.17, 15) is 35.4 Å². The van der Waals surface area contributed by atoms with E-state index < -0.39 is 92.2 Å². The molecule has 0 spiro atoms. The molecule has 0 aromatic heterocycles. The molecule has 16 heteroatoms. The van der Waals surface area contributed by atoms with E-state index in [1.54, 1.807) is 0 Å². The van der Waals surface area contributed by atoms with E-state index in [2.05, 4.69) is 6.92 Å². The minimum absolute atomic E-state index is 0.0610. The highest BCUT2D eigenvalue weighted by atomic mass is 16.7. The second-order valence-electron chi connectivity index (χ2n) is 11.0. The highest BCUT2D eigenvalue weighted by Crippen LogP contribution is 2.30. The Balaban J connectivity index is 2.04. The molecular formula is C26H52N4O12. The van der Waals surface area contributed by atoms with Gasteiger partial charge in [0.2, 0.25) is 0 Å². The van der Waals surface area contributed by atoms with Crippen LogP contribution in [0.25, 0.3) is 0 Å². The molecule has 13 atom stereocenters. The lowest BCUT2D eigenvalue weighted by Crippen LogP contribution is -2.67. The van der Waals surface area contributed by atoms with Gasteiger partial charge in [0.05, 0.1) is 6.61 Å². The fourth-order valence-corrected chi connectivity index (χ4v) is 4.95. The van der Waals surface area contributed by atoms with Crippen molar-refractivity contribution >= 4 is 5.97 Å². The van der Waals surface area contributed by atoms with E-state index in [4.69, 9.17) is 46.6 Å². The number of unbranched alkanes of at least 4 members (excludes halogenated alkanes) is 4. The number of carbonyl (C=O) groups excluding carboxylic acids is 1. The lowest BCUT2D eigenvalue weighted by molar-refractivity contribution is -0.325. The van der Waals surface area contributed by atoms with E-state index in [1.165, 1.54) is 0 Å². The van der Waals surface area contributed by atoms with Crippen molar-refractivity contribution in [3.63, 3.8) is 0 Å². The number of aliphatic hydroxyl groups excluding tert-OH is 6. The first-order chi connectivity index (χ1) is 20.0. The Morgan fingerprint density at radius 2 is 1.62 bits per heavy atom. The molecule has 0 aromatic rings. The molecule has 0 bridgehead atoms. The Kier molecular flexibility index (Phi) is 16.5. The van der Waals surface area contributed by atoms with Crippen molar-refractivity contribution in [3.8, 4) is 0 Å². The zero-order chi connectivity index (χ0) is 31.4. The maximum Gasteiger partial charge on any atom is 0.305 e. The van der Waals surface area contributed by atoms with Crippen LogP contribution in [-0.2, 0) is 28.5 Å². The Hall–Kier alpha value is -1.09. The third-order valence-corrected chi connectivity index (χ3v) is 7.55. The summed E-state index contributed by atoms with van der Waals surface area (Å²) in [5.74, 6) is -0.453. The highest BCUT2D eigenvalue weighted by Gasteiger charge is 2.50. The van der Waals surface area contributed by atoms with Gasteiger partial charge in [0.15, 0.2) is 12.6 Å². The molecule has 1 aliphatic carbocycles. The molecule has 2 rings (SSSR count). The zero-order valence-electron chi connectivity index (χ0n) is 24.2. The number of hydrogen-bond donors (Lipinski definition) is 10. The van der Waals surface area contributed by atoms with E-state index >= 15 is 0 Å². The summed E-state index contributed by atoms with van der Waals surface area (Å²) in [5.41, 5.74) is 23.6. The molecule has 1 aliphatic heterocycles. The lowest BCUT2D eigenvalue weighted by Gasteiger charge is -2.46. The van der Waals surface area contributed by atoms with Gasteiger partial charge in [-0.05, 0) is 12.8 Å². The molecule has 0 aromatic carbocycles. The monoisotopic (exact) mass is 612 g/mol. The summed E-state index contributed by atoms with van der Waals surface area (Å²) in [4.78, 5) is 12.1. The van der Waals surface area contributed by atoms with Crippen LogP contribution in [0.15, 0.2) is 0 Å². The number of rotatable bonds is 18. The Morgan fingerprint density at radius 3 is 2.24 bits per heavy atom. The van der Waals surface area contributed by atoms with Gasteiger partial charge in [0, 0.05) is 31.6 Å². The molecule has 16 nitrogen and oxygen atoms in total. The van der Waals surface area contributed by atoms with Gasteiger partial charge in [-0.25, -0.2) is 0 Å². The number of aliphatic hydroxyl groups is 6. The van der Waals surface area contributed by atoms with Crippen LogP contribution < -0.4 is 22.9 Å². The minimum Gasteiger partial charge on any atom is -0.463 e. The molecule has 0 amide bonds. The minimum atomic E-state index is -1.68. The van der Waals surface area contributed by atoms with Crippen molar-refractivity contribution in [1.29, 1.82) is 0 Å². The fraction of sp³-hybridized carbons (Fsp3) is 0.962. The van der Waals surface area contributed by atoms with Gasteiger partial charge < -0.3 is 77.3 Å². The number of esters is 1. The van der Waals surface area contributed by atoms with Gasteiger partial charge in [0.25, 0.3) is 0 Å². The van der Waals surface area contributed by atoms with E-state index in [0.717, 1.165) is 25.7 Å². The SMILES string of the molecule is CCCCCCCC(=O)OC[C@H](CO)OC(OC1C(N)CC(N)C(O[C@H]2OC(CN)[C@@H](O)C(O)C2O)[C@@H]1O)[C@H](O)CN. The first-order valence-electron chi connectivity index (χ1n) is 14.7. The third kappa shape index (κ3) is 10.5. The summed E-state index contributed by atoms with van der Waals surface area (Å²) >= 11 is 0. The molecule has 2 fully saturated rings. The topological polar surface area (TPSA) is 289 Å². The third-order valence-electron chi connectivity index (χ3n) is 7.55. The van der Waals surface area contributed by atoms with Crippen LogP contribution >= 0.6 is 0 Å². The van der Waals surface area contributed by atoms with Gasteiger partial charge in [-0.3, -0.25) is 4.79 Å². The van der Waals surface area contributed by atoms with Crippen molar-refractivity contribution in [2.75, 3.05) is 26.3 Å². The summed E-state index contributed by atoms with van der Waals surface area (Å²) in [5, 5.41) is 62.1. The molecule has 1 saturated carbocycles. The van der Waals surface area contributed by atoms with Crippen LogP contribution in [0.3, 0.4) is 0 Å². The van der Waals surface area contributed by atoms with Gasteiger partial charge in [-0.2, -0.15) is 0 Å². The lowest BCUT2D eigenvalue weighted by atomic mass is 9.84. The molecule has 2 aliphatic rings. The predicted molar refractivity (Wildman–Crippen MR) is 147 cm³/mol. The number of carbonyl (C=O) groups is 1. The van der Waals surface area contributed by atoms with E-state index in [1.807, 2.05) is 0 Å². The number of nitrogens with two attached hydrogens (primary N) is 4. The maximum atomic E-state index is 12.1. The first kappa shape index (κ1) is 37.1. The summed E-state index contributed by atoms with van der Waals surface area (Å²) in [7, 11) is 0. The van der Waals surface area contributed by atoms with E-state index in [-0.39, 0.29) is 32.5 Å². The van der Waals surface area contributed by atoms with Crippen LogP contribution in [-0.4, -0.2) is 143 Å². The molecule has 8 unspecified atom stereocenters. The normalized spacial score (nSPS) is 35.9. The standard InChI is InChI=1S/C26H52N4O12/c1-2-3-4-5-6-7-18(33)38-12-13(11-31)39-25(16(32)9-27)41-23-14(29)8-15(30)24(22(23)37)42-26-21(36)20(35)19(34)17(10-28)40-26/h13-17,19-26,31-32,34-37H,2-12,27-30H2,1H3/t13-,14?,15?,16+,17?,19+,20?,21?,22+,23?,24?,25?,26+/m0/s1. The van der Waals surface area contributed by atoms with Gasteiger partial charge >= 0.3 is 5.97 Å². The molecule has 248 valence electrons. The summed E-state index contributed by atoms with van der Waals surface area (Å²) in [6.07, 6.45) is -10.3. The molecule has 14 N–H and O–H groups in total. The molecule has 0 radical (unpaired) electrons. The van der Waals surface area contributed by atoms with Crippen LogP contribution in [0.2, 0.25) is 0 Å². The van der Waals surface area contributed by atoms with Crippen LogP contribution in [0, 0.1) is 0 Å². The summed E-state index contributed by atoms with van der Waals surface area (Å²) < 4.78 is 28.0. The highest BCUT2D eigenvalue weighted by molar-refractivity contribution is 5.69. The van der Waals surface area contributed by atoms with Gasteiger partial charge in [-0.1, -0.05) is 32.6 Å². The van der Waals surface area contributed by atoms with Crippen molar-refractivity contribution in [1.82, 2.24) is 0 Å². The molecule has 1 saturated heterocycles. The van der Waals surface area contributed by atoms with Crippen LogP contribution in [0.5, 0.6) is 0 Å². The second-order valence-corrected chi connectivity index (χ2v) is 11.0. The fourth-order valence-electron chi connectivity index (χ4n) is 4.95. The average Bonchev–Trinajstić information content (AvgIpc) is 2.97.